The quantitative estimate of drug-likeness (QED) is 0.674. The minimum absolute atomic E-state index is 0.292. The summed E-state index contributed by atoms with van der Waals surface area (Å²) in [4.78, 5) is 11.7. The van der Waals surface area contributed by atoms with Crippen molar-refractivity contribution in [1.29, 1.82) is 0 Å². The molecule has 8 heteroatoms. The van der Waals surface area contributed by atoms with Crippen molar-refractivity contribution < 1.29 is 0 Å². The van der Waals surface area contributed by atoms with Crippen molar-refractivity contribution in [3.8, 4) is 0 Å². The van der Waals surface area contributed by atoms with E-state index < -0.39 is 0 Å². The normalized spacial score (nSPS) is 16.0. The minimum Gasteiger partial charge on any atom is -0.341 e. The average Bonchev–Trinajstić information content (AvgIpc) is 3.24. The van der Waals surface area contributed by atoms with E-state index in [0.29, 0.717) is 6.04 Å². The van der Waals surface area contributed by atoms with Gasteiger partial charge in [0.25, 0.3) is 0 Å². The van der Waals surface area contributed by atoms with Crippen LogP contribution < -0.4 is 16.0 Å². The van der Waals surface area contributed by atoms with E-state index in [9.17, 15) is 0 Å². The number of nitrogens with zero attached hydrogens (tertiary/aromatic N) is 4. The summed E-state index contributed by atoms with van der Waals surface area (Å²) < 4.78 is 1.05. The molecule has 3 aromatic heterocycles. The van der Waals surface area contributed by atoms with Gasteiger partial charge in [-0.1, -0.05) is 6.92 Å². The topological polar surface area (TPSA) is 95.8 Å². The van der Waals surface area contributed by atoms with Gasteiger partial charge in [-0.15, -0.1) is 11.3 Å². The van der Waals surface area contributed by atoms with Gasteiger partial charge in [-0.2, -0.15) is 10.1 Å². The molecule has 0 saturated carbocycles. The van der Waals surface area contributed by atoms with Crippen molar-refractivity contribution in [2.45, 2.75) is 32.2 Å². The standard InChI is InChI=1S/C16H21N7S/c1-2-11-9-13(22-21-11)19-15-14-12(5-8-24-14)18-16(20-15)23-6-3-10(17)4-7-23/h5,8-10H,2-4,6-7,17H2,1H3,(H2,18,19,20,21,22). The number of anilines is 3. The van der Waals surface area contributed by atoms with E-state index in [2.05, 4.69) is 27.3 Å². The molecule has 1 aliphatic heterocycles. The van der Waals surface area contributed by atoms with Gasteiger partial charge in [0, 0.05) is 30.9 Å². The third kappa shape index (κ3) is 2.94. The maximum atomic E-state index is 6.01. The summed E-state index contributed by atoms with van der Waals surface area (Å²) in [6.07, 6.45) is 2.88. The average molecular weight is 343 g/mol. The fourth-order valence-corrected chi connectivity index (χ4v) is 3.68. The van der Waals surface area contributed by atoms with E-state index in [1.54, 1.807) is 11.3 Å². The van der Waals surface area contributed by atoms with Crippen LogP contribution in [0.3, 0.4) is 0 Å². The number of rotatable bonds is 4. The first-order chi connectivity index (χ1) is 11.7. The minimum atomic E-state index is 0.292. The van der Waals surface area contributed by atoms with Crippen molar-refractivity contribution in [2.75, 3.05) is 23.3 Å². The molecule has 0 atom stereocenters. The number of nitrogens with two attached hydrogens (primary N) is 1. The van der Waals surface area contributed by atoms with Crippen LogP contribution in [0.2, 0.25) is 0 Å². The molecule has 0 unspecified atom stereocenters. The summed E-state index contributed by atoms with van der Waals surface area (Å²) in [7, 11) is 0. The van der Waals surface area contributed by atoms with Gasteiger partial charge < -0.3 is 16.0 Å². The molecule has 126 valence electrons. The number of hydrogen-bond donors (Lipinski definition) is 3. The summed E-state index contributed by atoms with van der Waals surface area (Å²) in [5, 5.41) is 12.7. The second-order valence-corrected chi connectivity index (χ2v) is 7.00. The lowest BCUT2D eigenvalue weighted by Crippen LogP contribution is -2.40. The molecule has 4 N–H and O–H groups in total. The highest BCUT2D eigenvalue weighted by Crippen LogP contribution is 2.30. The molecule has 0 aromatic carbocycles. The molecule has 4 heterocycles. The van der Waals surface area contributed by atoms with Crippen molar-refractivity contribution in [1.82, 2.24) is 20.2 Å². The number of thiophene rings is 1. The van der Waals surface area contributed by atoms with Gasteiger partial charge >= 0.3 is 0 Å². The molecule has 4 rings (SSSR count). The monoisotopic (exact) mass is 343 g/mol. The highest BCUT2D eigenvalue weighted by atomic mass is 32.1. The largest absolute Gasteiger partial charge is 0.341 e. The zero-order valence-electron chi connectivity index (χ0n) is 13.6. The Balaban J connectivity index is 1.67. The Kier molecular flexibility index (Phi) is 4.07. The molecular weight excluding hydrogens is 322 g/mol. The van der Waals surface area contributed by atoms with E-state index in [4.69, 9.17) is 15.7 Å². The second-order valence-electron chi connectivity index (χ2n) is 6.09. The summed E-state index contributed by atoms with van der Waals surface area (Å²) in [5.74, 6) is 2.36. The number of hydrogen-bond acceptors (Lipinski definition) is 7. The van der Waals surface area contributed by atoms with Crippen LogP contribution in [0.25, 0.3) is 10.2 Å². The van der Waals surface area contributed by atoms with E-state index in [0.717, 1.165) is 65.8 Å². The highest BCUT2D eigenvalue weighted by Gasteiger charge is 2.20. The molecule has 0 amide bonds. The van der Waals surface area contributed by atoms with Crippen LogP contribution in [-0.4, -0.2) is 39.3 Å². The zero-order valence-corrected chi connectivity index (χ0v) is 14.4. The number of piperidine rings is 1. The van der Waals surface area contributed by atoms with Gasteiger partial charge in [-0.25, -0.2) is 4.98 Å². The predicted octanol–water partition coefficient (Wildman–Crippen LogP) is 2.65. The molecule has 0 spiro atoms. The zero-order chi connectivity index (χ0) is 16.5. The van der Waals surface area contributed by atoms with Gasteiger partial charge in [0.05, 0.1) is 10.2 Å². The molecule has 1 fully saturated rings. The summed E-state index contributed by atoms with van der Waals surface area (Å²) >= 11 is 1.64. The smallest absolute Gasteiger partial charge is 0.227 e. The van der Waals surface area contributed by atoms with Crippen LogP contribution in [0.1, 0.15) is 25.5 Å². The summed E-state index contributed by atoms with van der Waals surface area (Å²) in [5.41, 5.74) is 8.07. The Morgan fingerprint density at radius 2 is 2.21 bits per heavy atom. The molecule has 0 radical (unpaired) electrons. The Bertz CT molecular complexity index is 832. The molecule has 24 heavy (non-hydrogen) atoms. The third-order valence-electron chi connectivity index (χ3n) is 4.37. The first-order valence-corrected chi connectivity index (χ1v) is 9.18. The van der Waals surface area contributed by atoms with E-state index in [-0.39, 0.29) is 0 Å². The van der Waals surface area contributed by atoms with Gasteiger partial charge in [-0.05, 0) is 30.7 Å². The second kappa shape index (κ2) is 6.37. The first-order valence-electron chi connectivity index (χ1n) is 8.30. The summed E-state index contributed by atoms with van der Waals surface area (Å²) in [6, 6.07) is 4.34. The third-order valence-corrected chi connectivity index (χ3v) is 5.28. The van der Waals surface area contributed by atoms with E-state index >= 15 is 0 Å². The van der Waals surface area contributed by atoms with Crippen LogP contribution >= 0.6 is 11.3 Å². The SMILES string of the molecule is CCc1cc(Nc2nc(N3CCC(N)CC3)nc3ccsc23)n[nH]1. The van der Waals surface area contributed by atoms with Crippen LogP contribution in [0.5, 0.6) is 0 Å². The van der Waals surface area contributed by atoms with Crippen molar-refractivity contribution in [3.05, 3.63) is 23.2 Å². The fraction of sp³-hybridized carbons (Fsp3) is 0.438. The molecular formula is C16H21N7S. The molecule has 7 nitrogen and oxygen atoms in total. The number of H-pyrrole nitrogens is 1. The number of aromatic amines is 1. The number of aryl methyl sites for hydroxylation is 1. The lowest BCUT2D eigenvalue weighted by atomic mass is 10.1. The molecule has 1 saturated heterocycles. The number of nitrogens with one attached hydrogen (secondary N) is 2. The Labute approximate surface area is 144 Å². The van der Waals surface area contributed by atoms with Crippen LogP contribution in [0.15, 0.2) is 17.5 Å². The Morgan fingerprint density at radius 1 is 1.38 bits per heavy atom. The van der Waals surface area contributed by atoms with Gasteiger partial charge in [0.15, 0.2) is 11.6 Å². The molecule has 0 aliphatic carbocycles. The van der Waals surface area contributed by atoms with Gasteiger partial charge in [-0.3, -0.25) is 5.10 Å². The van der Waals surface area contributed by atoms with E-state index in [1.807, 2.05) is 17.5 Å². The maximum Gasteiger partial charge on any atom is 0.227 e. The van der Waals surface area contributed by atoms with E-state index in [1.165, 1.54) is 0 Å². The van der Waals surface area contributed by atoms with Crippen LogP contribution in [-0.2, 0) is 6.42 Å². The molecule has 1 aliphatic rings. The van der Waals surface area contributed by atoms with Crippen LogP contribution in [0.4, 0.5) is 17.6 Å². The number of aromatic nitrogens is 4. The first kappa shape index (κ1) is 15.3. The predicted molar refractivity (Wildman–Crippen MR) is 98.1 cm³/mol. The lowest BCUT2D eigenvalue weighted by Gasteiger charge is -2.30. The maximum absolute atomic E-state index is 6.01. The van der Waals surface area contributed by atoms with Gasteiger partial charge in [0.1, 0.15) is 0 Å². The lowest BCUT2D eigenvalue weighted by molar-refractivity contribution is 0.496. The van der Waals surface area contributed by atoms with Gasteiger partial charge in [0.2, 0.25) is 5.95 Å². The highest BCUT2D eigenvalue weighted by molar-refractivity contribution is 7.17. The van der Waals surface area contributed by atoms with Crippen molar-refractivity contribution in [2.24, 2.45) is 5.73 Å². The summed E-state index contributed by atoms with van der Waals surface area (Å²) in [6.45, 7) is 3.90. The Hall–Kier alpha value is -2.19. The van der Waals surface area contributed by atoms with Crippen LogP contribution in [0, 0.1) is 0 Å². The number of fused-ring (bicyclic) bond motifs is 1. The van der Waals surface area contributed by atoms with Crippen molar-refractivity contribution >= 4 is 39.1 Å². The molecule has 3 aromatic rings. The van der Waals surface area contributed by atoms with Crippen molar-refractivity contribution in [3.63, 3.8) is 0 Å². The molecule has 0 bridgehead atoms. The Morgan fingerprint density at radius 3 is 2.96 bits per heavy atom. The fourth-order valence-electron chi connectivity index (χ4n) is 2.90.